The molecule has 1 unspecified atom stereocenters. The maximum absolute atomic E-state index is 12.4. The van der Waals surface area contributed by atoms with Crippen LogP contribution in [0.25, 0.3) is 0 Å². The smallest absolute Gasteiger partial charge is 0.246 e. The number of aromatic amines is 1. The molecule has 1 N–H and O–H groups in total. The van der Waals surface area contributed by atoms with Crippen molar-refractivity contribution in [3.8, 4) is 0 Å². The third-order valence-electron chi connectivity index (χ3n) is 2.86. The molecule has 7 heteroatoms. The van der Waals surface area contributed by atoms with Gasteiger partial charge in [0.25, 0.3) is 0 Å². The zero-order valence-electron chi connectivity index (χ0n) is 10.2. The van der Waals surface area contributed by atoms with Gasteiger partial charge in [0.15, 0.2) is 0 Å². The Morgan fingerprint density at radius 3 is 2.71 bits per heavy atom. The topological polar surface area (TPSA) is 75.3 Å². The van der Waals surface area contributed by atoms with Crippen molar-refractivity contribution >= 4 is 10.0 Å². The number of H-pyrrole nitrogens is 1. The lowest BCUT2D eigenvalue weighted by atomic mass is 10.3. The second-order valence-corrected chi connectivity index (χ2v) is 6.18. The molecule has 0 spiro atoms. The first-order valence-corrected chi connectivity index (χ1v) is 7.00. The first-order valence-electron chi connectivity index (χ1n) is 5.56. The van der Waals surface area contributed by atoms with Gasteiger partial charge in [0.05, 0.1) is 24.1 Å². The number of nitrogens with one attached hydrogen (secondary N) is 1. The number of hydrogen-bond acceptors (Lipinski definition) is 4. The Labute approximate surface area is 101 Å². The van der Waals surface area contributed by atoms with E-state index in [1.165, 1.54) is 4.31 Å². The number of hydrogen-bond donors (Lipinski definition) is 1. The quantitative estimate of drug-likeness (QED) is 0.836. The number of sulfonamides is 1. The molecular weight excluding hydrogens is 242 g/mol. The number of morpholine rings is 1. The molecule has 0 radical (unpaired) electrons. The van der Waals surface area contributed by atoms with Crippen LogP contribution in [0.5, 0.6) is 0 Å². The van der Waals surface area contributed by atoms with E-state index in [9.17, 15) is 8.42 Å². The van der Waals surface area contributed by atoms with Crippen molar-refractivity contribution in [1.29, 1.82) is 0 Å². The minimum absolute atomic E-state index is 0.0639. The van der Waals surface area contributed by atoms with E-state index in [0.29, 0.717) is 36.0 Å². The molecule has 1 aliphatic rings. The van der Waals surface area contributed by atoms with Gasteiger partial charge in [0, 0.05) is 13.1 Å². The summed E-state index contributed by atoms with van der Waals surface area (Å²) in [7, 11) is -3.45. The van der Waals surface area contributed by atoms with Crippen LogP contribution in [0.1, 0.15) is 18.3 Å². The van der Waals surface area contributed by atoms with Gasteiger partial charge in [-0.05, 0) is 20.8 Å². The second-order valence-electron chi connectivity index (χ2n) is 4.31. The number of nitrogens with zero attached hydrogens (tertiary/aromatic N) is 2. The number of aromatic nitrogens is 2. The molecule has 1 aliphatic heterocycles. The molecule has 1 aromatic heterocycles. The molecule has 96 valence electrons. The summed E-state index contributed by atoms with van der Waals surface area (Å²) in [5, 5.41) is 6.64. The summed E-state index contributed by atoms with van der Waals surface area (Å²) in [5.41, 5.74) is 1.10. The van der Waals surface area contributed by atoms with Crippen molar-refractivity contribution in [2.45, 2.75) is 31.8 Å². The second kappa shape index (κ2) is 4.40. The summed E-state index contributed by atoms with van der Waals surface area (Å²) < 4.78 is 31.7. The minimum atomic E-state index is -3.45. The summed E-state index contributed by atoms with van der Waals surface area (Å²) in [6.07, 6.45) is -0.0639. The van der Waals surface area contributed by atoms with Crippen LogP contribution in [0.3, 0.4) is 0 Å². The highest BCUT2D eigenvalue weighted by Crippen LogP contribution is 2.23. The van der Waals surface area contributed by atoms with E-state index in [1.807, 2.05) is 6.92 Å². The molecule has 0 aromatic carbocycles. The van der Waals surface area contributed by atoms with Gasteiger partial charge in [-0.15, -0.1) is 0 Å². The first-order chi connectivity index (χ1) is 7.93. The van der Waals surface area contributed by atoms with Crippen LogP contribution in [-0.4, -0.2) is 48.7 Å². The van der Waals surface area contributed by atoms with Gasteiger partial charge in [-0.2, -0.15) is 9.40 Å². The molecule has 1 aromatic rings. The maximum atomic E-state index is 12.4. The van der Waals surface area contributed by atoms with Crippen LogP contribution in [0.15, 0.2) is 4.90 Å². The average Bonchev–Trinajstić information content (AvgIpc) is 2.59. The van der Waals surface area contributed by atoms with Crippen LogP contribution in [0.2, 0.25) is 0 Å². The van der Waals surface area contributed by atoms with Crippen molar-refractivity contribution in [3.63, 3.8) is 0 Å². The first kappa shape index (κ1) is 12.5. The van der Waals surface area contributed by atoms with Gasteiger partial charge in [0.2, 0.25) is 10.0 Å². The van der Waals surface area contributed by atoms with Crippen molar-refractivity contribution in [3.05, 3.63) is 11.4 Å². The van der Waals surface area contributed by atoms with Gasteiger partial charge in [-0.3, -0.25) is 5.10 Å². The van der Waals surface area contributed by atoms with Crippen LogP contribution in [0, 0.1) is 13.8 Å². The van der Waals surface area contributed by atoms with E-state index in [-0.39, 0.29) is 6.10 Å². The fraction of sp³-hybridized carbons (Fsp3) is 0.700. The Kier molecular flexibility index (Phi) is 3.24. The van der Waals surface area contributed by atoms with Crippen LogP contribution >= 0.6 is 0 Å². The monoisotopic (exact) mass is 259 g/mol. The summed E-state index contributed by atoms with van der Waals surface area (Å²) in [4.78, 5) is 0.298. The Morgan fingerprint density at radius 1 is 1.47 bits per heavy atom. The van der Waals surface area contributed by atoms with Crippen molar-refractivity contribution < 1.29 is 13.2 Å². The molecule has 2 rings (SSSR count). The van der Waals surface area contributed by atoms with Crippen molar-refractivity contribution in [2.75, 3.05) is 19.7 Å². The highest BCUT2D eigenvalue weighted by molar-refractivity contribution is 7.89. The highest BCUT2D eigenvalue weighted by Gasteiger charge is 2.32. The summed E-state index contributed by atoms with van der Waals surface area (Å²) in [6, 6.07) is 0. The maximum Gasteiger partial charge on any atom is 0.246 e. The van der Waals surface area contributed by atoms with Crippen LogP contribution in [-0.2, 0) is 14.8 Å². The number of ether oxygens (including phenoxy) is 1. The van der Waals surface area contributed by atoms with E-state index in [0.717, 1.165) is 0 Å². The molecule has 1 fully saturated rings. The highest BCUT2D eigenvalue weighted by atomic mass is 32.2. The largest absolute Gasteiger partial charge is 0.376 e. The molecule has 1 saturated heterocycles. The fourth-order valence-electron chi connectivity index (χ4n) is 2.05. The van der Waals surface area contributed by atoms with Gasteiger partial charge < -0.3 is 4.74 Å². The van der Waals surface area contributed by atoms with Crippen molar-refractivity contribution in [1.82, 2.24) is 14.5 Å². The summed E-state index contributed by atoms with van der Waals surface area (Å²) >= 11 is 0. The SMILES string of the molecule is Cc1n[nH]c(C)c1S(=O)(=O)N1CCOC(C)C1. The predicted octanol–water partition coefficient (Wildman–Crippen LogP) is 0.436. The summed E-state index contributed by atoms with van der Waals surface area (Å²) in [5.74, 6) is 0. The van der Waals surface area contributed by atoms with Gasteiger partial charge in [0.1, 0.15) is 4.90 Å². The van der Waals surface area contributed by atoms with E-state index in [1.54, 1.807) is 13.8 Å². The Balaban J connectivity index is 2.36. The molecule has 0 saturated carbocycles. The predicted molar refractivity (Wildman–Crippen MR) is 62.2 cm³/mol. The van der Waals surface area contributed by atoms with E-state index < -0.39 is 10.0 Å². The number of rotatable bonds is 2. The zero-order valence-corrected chi connectivity index (χ0v) is 11.0. The fourth-order valence-corrected chi connectivity index (χ4v) is 3.89. The number of aryl methyl sites for hydroxylation is 2. The Morgan fingerprint density at radius 2 is 2.18 bits per heavy atom. The third kappa shape index (κ3) is 2.22. The van der Waals surface area contributed by atoms with E-state index >= 15 is 0 Å². The lowest BCUT2D eigenvalue weighted by Gasteiger charge is -2.30. The average molecular weight is 259 g/mol. The molecule has 17 heavy (non-hydrogen) atoms. The zero-order chi connectivity index (χ0) is 12.6. The normalized spacial score (nSPS) is 22.9. The standard InChI is InChI=1S/C10H17N3O3S/c1-7-6-13(4-5-16-7)17(14,15)10-8(2)11-12-9(10)3/h7H,4-6H2,1-3H3,(H,11,12). The van der Waals surface area contributed by atoms with Crippen LogP contribution in [0.4, 0.5) is 0 Å². The van der Waals surface area contributed by atoms with Gasteiger partial charge in [-0.1, -0.05) is 0 Å². The van der Waals surface area contributed by atoms with Gasteiger partial charge in [-0.25, -0.2) is 8.42 Å². The molecule has 6 nitrogen and oxygen atoms in total. The van der Waals surface area contributed by atoms with Gasteiger partial charge >= 0.3 is 0 Å². The van der Waals surface area contributed by atoms with E-state index in [4.69, 9.17) is 4.74 Å². The molecule has 0 amide bonds. The summed E-state index contributed by atoms with van der Waals surface area (Å²) in [6.45, 7) is 6.52. The molecular formula is C10H17N3O3S. The molecule has 2 heterocycles. The molecule has 0 bridgehead atoms. The van der Waals surface area contributed by atoms with Crippen molar-refractivity contribution in [2.24, 2.45) is 0 Å². The lowest BCUT2D eigenvalue weighted by molar-refractivity contribution is 0.0101. The Bertz CT molecular complexity index is 489. The lowest BCUT2D eigenvalue weighted by Crippen LogP contribution is -2.44. The molecule has 0 aliphatic carbocycles. The Hall–Kier alpha value is -0.920. The third-order valence-corrected chi connectivity index (χ3v) is 4.99. The minimum Gasteiger partial charge on any atom is -0.376 e. The van der Waals surface area contributed by atoms with Crippen LogP contribution < -0.4 is 0 Å². The molecule has 1 atom stereocenters. The van der Waals surface area contributed by atoms with E-state index in [2.05, 4.69) is 10.2 Å².